The molecule has 13 heavy (non-hydrogen) atoms. The van der Waals surface area contributed by atoms with Gasteiger partial charge in [0, 0.05) is 0 Å². The Morgan fingerprint density at radius 3 is 1.85 bits per heavy atom. The van der Waals surface area contributed by atoms with Gasteiger partial charge >= 0.3 is 23.1 Å². The summed E-state index contributed by atoms with van der Waals surface area (Å²) in [6, 6.07) is 0. The third kappa shape index (κ3) is 19.3. The summed E-state index contributed by atoms with van der Waals surface area (Å²) in [5.74, 6) is 0. The molecule has 0 amide bonds. The van der Waals surface area contributed by atoms with Gasteiger partial charge in [0.1, 0.15) is 0 Å². The van der Waals surface area contributed by atoms with Crippen molar-refractivity contribution in [1.29, 1.82) is 0 Å². The van der Waals surface area contributed by atoms with Crippen molar-refractivity contribution in [3.63, 3.8) is 0 Å². The second-order valence-electron chi connectivity index (χ2n) is 3.15. The first-order valence-electron chi connectivity index (χ1n) is 4.95. The summed E-state index contributed by atoms with van der Waals surface area (Å²) >= 11 is 0. The molecular weight excluding hydrogens is 192 g/mol. The van der Waals surface area contributed by atoms with Crippen molar-refractivity contribution in [3.8, 4) is 0 Å². The van der Waals surface area contributed by atoms with E-state index in [2.05, 4.69) is 6.92 Å². The van der Waals surface area contributed by atoms with E-state index in [9.17, 15) is 0 Å². The van der Waals surface area contributed by atoms with Crippen molar-refractivity contribution < 1.29 is 12.4 Å². The van der Waals surface area contributed by atoms with Gasteiger partial charge in [0.15, 0.2) is 0 Å². The van der Waals surface area contributed by atoms with Gasteiger partial charge < -0.3 is 19.0 Å². The van der Waals surface area contributed by atoms with E-state index < -0.39 is 0 Å². The van der Waals surface area contributed by atoms with Gasteiger partial charge in [-0.05, 0) is 0 Å². The zero-order valence-electron chi connectivity index (χ0n) is 8.90. The Labute approximate surface area is 106 Å². The zero-order chi connectivity index (χ0) is 8.36. The van der Waals surface area contributed by atoms with Crippen LogP contribution >= 0.6 is 0 Å². The van der Waals surface area contributed by atoms with Crippen molar-refractivity contribution in [1.82, 2.24) is 0 Å². The monoisotopic (exact) mass is 212 g/mol. The molecule has 0 aliphatic rings. The molecule has 0 atom stereocenters. The van der Waals surface area contributed by atoms with Crippen molar-refractivity contribution in [2.45, 2.75) is 58.3 Å². The fraction of sp³-hybridized carbons (Fsp3) is 0.818. The van der Waals surface area contributed by atoms with Crippen LogP contribution in [0.5, 0.6) is 0 Å². The third-order valence-electron chi connectivity index (χ3n) is 1.97. The first-order chi connectivity index (χ1) is 5.41. The van der Waals surface area contributed by atoms with Crippen molar-refractivity contribution in [3.05, 3.63) is 12.7 Å². The van der Waals surface area contributed by atoms with Gasteiger partial charge in [0.2, 0.25) is 0 Å². The maximum absolute atomic E-state index is 5.27. The maximum Gasteiger partial charge on any atom is 2.00 e. The van der Waals surface area contributed by atoms with Crippen LogP contribution < -0.4 is 12.4 Å². The third-order valence-corrected chi connectivity index (χ3v) is 1.97. The Kier molecular flexibility index (Phi) is 27.7. The second-order valence-corrected chi connectivity index (χ2v) is 3.15. The molecule has 0 radical (unpaired) electrons. The predicted molar refractivity (Wildman–Crippen MR) is 57.2 cm³/mol. The van der Waals surface area contributed by atoms with Crippen LogP contribution in [0.3, 0.4) is 0 Å². The fourth-order valence-corrected chi connectivity index (χ4v) is 1.22. The van der Waals surface area contributed by atoms with Crippen molar-refractivity contribution >= 4 is 23.1 Å². The van der Waals surface area contributed by atoms with Gasteiger partial charge in [-0.25, -0.2) is 0 Å². The van der Waals surface area contributed by atoms with E-state index in [1.54, 1.807) is 6.08 Å². The van der Waals surface area contributed by atoms with Gasteiger partial charge in [-0.2, -0.15) is 0 Å². The molecule has 0 aromatic heterocycles. The summed E-state index contributed by atoms with van der Waals surface area (Å²) in [5.41, 5.74) is 0. The van der Waals surface area contributed by atoms with Crippen LogP contribution in [0.2, 0.25) is 0 Å². The van der Waals surface area contributed by atoms with E-state index >= 15 is 0 Å². The number of rotatable bonds is 8. The first-order valence-corrected chi connectivity index (χ1v) is 4.95. The summed E-state index contributed by atoms with van der Waals surface area (Å²) in [5, 5.41) is 0. The molecule has 0 rings (SSSR count). The quantitative estimate of drug-likeness (QED) is 0.317. The summed E-state index contributed by atoms with van der Waals surface area (Å²) in [6.07, 6.45) is 12.5. The van der Waals surface area contributed by atoms with Gasteiger partial charge in [0.25, 0.3) is 0 Å². The van der Waals surface area contributed by atoms with E-state index in [4.69, 9.17) is 6.58 Å². The number of halogens is 1. The number of hydrogen-bond donors (Lipinski definition) is 0. The van der Waals surface area contributed by atoms with E-state index in [1.165, 1.54) is 44.9 Å². The van der Waals surface area contributed by atoms with Crippen LogP contribution in [-0.2, 0) is 0 Å². The second kappa shape index (κ2) is 18.6. The summed E-state index contributed by atoms with van der Waals surface area (Å²) < 4.78 is 0. The molecule has 0 unspecified atom stereocenters. The number of hydrogen-bond acceptors (Lipinski definition) is 0. The van der Waals surface area contributed by atoms with Crippen LogP contribution in [0.1, 0.15) is 58.3 Å². The standard InChI is InChI=1S/C11H21.ClH.Mg/c1-3-5-7-9-11-10-8-6-4-2;;/h1,3H,4-11H2,2H3;1H;/q-1;;+2/p-1. The SMILES string of the molecule is [CH-]=CCCCCCCCCC.[Cl-].[Mg+2]. The van der Waals surface area contributed by atoms with Crippen LogP contribution in [0.4, 0.5) is 0 Å². The molecule has 0 N–H and O–H groups in total. The number of allylic oxidation sites excluding steroid dienone is 1. The number of unbranched alkanes of at least 4 members (excludes halogenated alkanes) is 7. The summed E-state index contributed by atoms with van der Waals surface area (Å²) in [6.45, 7) is 7.52. The largest absolute Gasteiger partial charge is 2.00 e. The normalized spacial score (nSPS) is 8.38. The van der Waals surface area contributed by atoms with Gasteiger partial charge in [-0.3, -0.25) is 6.08 Å². The molecule has 0 heterocycles. The average molecular weight is 213 g/mol. The fourth-order valence-electron chi connectivity index (χ4n) is 1.22. The van der Waals surface area contributed by atoms with Crippen LogP contribution in [-0.4, -0.2) is 23.1 Å². The van der Waals surface area contributed by atoms with E-state index in [1.807, 2.05) is 0 Å². The Hall–Kier alpha value is 0.796. The van der Waals surface area contributed by atoms with Gasteiger partial charge in [-0.1, -0.05) is 58.3 Å². The molecule has 0 saturated carbocycles. The molecule has 0 aliphatic carbocycles. The molecule has 0 aliphatic heterocycles. The van der Waals surface area contributed by atoms with E-state index in [0.717, 1.165) is 6.42 Å². The Morgan fingerprint density at radius 1 is 0.923 bits per heavy atom. The predicted octanol–water partition coefficient (Wildman–Crippen LogP) is 0.739. The Morgan fingerprint density at radius 2 is 1.38 bits per heavy atom. The molecule has 0 bridgehead atoms. The molecule has 2 heteroatoms. The van der Waals surface area contributed by atoms with Gasteiger partial charge in [-0.15, -0.1) is 0 Å². The summed E-state index contributed by atoms with van der Waals surface area (Å²) in [4.78, 5) is 0. The molecule has 0 aromatic rings. The van der Waals surface area contributed by atoms with Crippen LogP contribution in [0, 0.1) is 6.58 Å². The topological polar surface area (TPSA) is 0 Å². The molecule has 0 aromatic carbocycles. The van der Waals surface area contributed by atoms with Crippen LogP contribution in [0.15, 0.2) is 6.08 Å². The molecular formula is C11H21ClMg. The minimum absolute atomic E-state index is 0. The zero-order valence-corrected chi connectivity index (χ0v) is 11.1. The Bertz CT molecular complexity index is 84.2. The van der Waals surface area contributed by atoms with Crippen molar-refractivity contribution in [2.24, 2.45) is 0 Å². The maximum atomic E-state index is 5.27. The van der Waals surface area contributed by atoms with E-state index in [0.29, 0.717) is 0 Å². The minimum Gasteiger partial charge on any atom is -1.00 e. The smallest absolute Gasteiger partial charge is 1.00 e. The molecule has 0 fully saturated rings. The Balaban J connectivity index is -0.000000500. The van der Waals surface area contributed by atoms with Crippen LogP contribution in [0.25, 0.3) is 0 Å². The minimum atomic E-state index is 0. The molecule has 0 nitrogen and oxygen atoms in total. The van der Waals surface area contributed by atoms with E-state index in [-0.39, 0.29) is 35.5 Å². The first kappa shape index (κ1) is 19.4. The molecule has 74 valence electrons. The van der Waals surface area contributed by atoms with Gasteiger partial charge in [0.05, 0.1) is 0 Å². The molecule has 0 saturated heterocycles. The molecule has 0 spiro atoms. The average Bonchev–Trinajstić information content (AvgIpc) is 2.03. The summed E-state index contributed by atoms with van der Waals surface area (Å²) in [7, 11) is 0. The van der Waals surface area contributed by atoms with Crippen molar-refractivity contribution in [2.75, 3.05) is 0 Å².